The molecule has 0 spiro atoms. The Hall–Kier alpha value is -2.20. The van der Waals surface area contributed by atoms with Crippen LogP contribution in [-0.4, -0.2) is 19.6 Å². The number of fused-ring (bicyclic) bond motifs is 1. The Morgan fingerprint density at radius 1 is 1.20 bits per heavy atom. The Morgan fingerprint density at radius 3 is 2.80 bits per heavy atom. The van der Waals surface area contributed by atoms with Gasteiger partial charge in [-0.15, -0.1) is 0 Å². The summed E-state index contributed by atoms with van der Waals surface area (Å²) in [4.78, 5) is 8.68. The number of para-hydroxylation sites is 2. The van der Waals surface area contributed by atoms with Crippen LogP contribution < -0.4 is 0 Å². The van der Waals surface area contributed by atoms with Crippen LogP contribution in [0.2, 0.25) is 0 Å². The molecule has 2 aromatic heterocycles. The summed E-state index contributed by atoms with van der Waals surface area (Å²) in [6.07, 6.45) is 3.32. The monoisotopic (exact) mass is 267 g/mol. The molecule has 0 aliphatic rings. The molecule has 2 heterocycles. The van der Waals surface area contributed by atoms with Crippen molar-refractivity contribution in [1.82, 2.24) is 14.5 Å². The molecule has 20 heavy (non-hydrogen) atoms. The molecule has 0 aliphatic heterocycles. The Balaban J connectivity index is 1.94. The zero-order valence-corrected chi connectivity index (χ0v) is 11.4. The fraction of sp³-hybridized carbons (Fsp3) is 0.250. The first-order valence-electron chi connectivity index (χ1n) is 6.81. The smallest absolute Gasteiger partial charge is 0.112 e. The van der Waals surface area contributed by atoms with Gasteiger partial charge in [-0.05, 0) is 30.7 Å². The second kappa shape index (κ2) is 5.43. The lowest BCUT2D eigenvalue weighted by Crippen LogP contribution is -2.08. The fourth-order valence-electron chi connectivity index (χ4n) is 2.50. The minimum absolute atomic E-state index is 0.494. The Kier molecular flexibility index (Phi) is 3.48. The predicted octanol–water partition coefficient (Wildman–Crippen LogP) is 2.73. The summed E-state index contributed by atoms with van der Waals surface area (Å²) >= 11 is 0. The largest absolute Gasteiger partial charge is 0.388 e. The van der Waals surface area contributed by atoms with Gasteiger partial charge in [0.2, 0.25) is 0 Å². The van der Waals surface area contributed by atoms with Crippen molar-refractivity contribution in [2.24, 2.45) is 0 Å². The highest BCUT2D eigenvalue weighted by molar-refractivity contribution is 5.75. The van der Waals surface area contributed by atoms with Gasteiger partial charge >= 0.3 is 0 Å². The molecule has 4 heteroatoms. The maximum atomic E-state index is 10.3. The summed E-state index contributed by atoms with van der Waals surface area (Å²) in [6.45, 7) is 2.93. The maximum absolute atomic E-state index is 10.3. The predicted molar refractivity (Wildman–Crippen MR) is 78.3 cm³/mol. The summed E-state index contributed by atoms with van der Waals surface area (Å²) < 4.78 is 2.15. The summed E-state index contributed by atoms with van der Waals surface area (Å²) in [7, 11) is 0. The summed E-state index contributed by atoms with van der Waals surface area (Å²) in [5, 5.41) is 10.3. The molecule has 0 saturated carbocycles. The van der Waals surface area contributed by atoms with E-state index in [9.17, 15) is 5.11 Å². The molecule has 0 fully saturated rings. The third kappa shape index (κ3) is 2.30. The summed E-state index contributed by atoms with van der Waals surface area (Å²) in [6, 6.07) is 11.8. The van der Waals surface area contributed by atoms with Crippen LogP contribution in [-0.2, 0) is 13.0 Å². The van der Waals surface area contributed by atoms with E-state index < -0.39 is 6.10 Å². The van der Waals surface area contributed by atoms with Crippen LogP contribution in [0.25, 0.3) is 11.0 Å². The molecular formula is C16H17N3O. The van der Waals surface area contributed by atoms with E-state index in [4.69, 9.17) is 0 Å². The average Bonchev–Trinajstić information content (AvgIpc) is 2.85. The first-order valence-corrected chi connectivity index (χ1v) is 6.81. The fourth-order valence-corrected chi connectivity index (χ4v) is 2.50. The van der Waals surface area contributed by atoms with Crippen LogP contribution in [0.5, 0.6) is 0 Å². The molecular weight excluding hydrogens is 250 g/mol. The molecule has 1 atom stereocenters. The number of pyridine rings is 1. The van der Waals surface area contributed by atoms with E-state index in [-0.39, 0.29) is 0 Å². The van der Waals surface area contributed by atoms with E-state index in [1.165, 1.54) is 0 Å². The van der Waals surface area contributed by atoms with Crippen LogP contribution in [0.3, 0.4) is 0 Å². The molecule has 0 aliphatic carbocycles. The second-order valence-electron chi connectivity index (χ2n) is 4.77. The molecule has 0 saturated heterocycles. The molecule has 4 nitrogen and oxygen atoms in total. The van der Waals surface area contributed by atoms with E-state index in [0.29, 0.717) is 6.42 Å². The van der Waals surface area contributed by atoms with Gasteiger partial charge in [0, 0.05) is 25.4 Å². The van der Waals surface area contributed by atoms with Crippen LogP contribution in [0, 0.1) is 0 Å². The van der Waals surface area contributed by atoms with E-state index in [2.05, 4.69) is 27.5 Å². The van der Waals surface area contributed by atoms with E-state index >= 15 is 0 Å². The molecule has 1 aromatic carbocycles. The number of aromatic nitrogens is 3. The SMILES string of the molecule is CCn1c(CC(O)c2cccnc2)nc2ccccc21. The number of rotatable bonds is 4. The summed E-state index contributed by atoms with van der Waals surface area (Å²) in [5.41, 5.74) is 2.91. The van der Waals surface area contributed by atoms with Crippen molar-refractivity contribution in [2.75, 3.05) is 0 Å². The third-order valence-electron chi connectivity index (χ3n) is 3.49. The minimum Gasteiger partial charge on any atom is -0.388 e. The number of aryl methyl sites for hydroxylation is 1. The zero-order chi connectivity index (χ0) is 13.9. The van der Waals surface area contributed by atoms with Crippen LogP contribution in [0.1, 0.15) is 24.4 Å². The number of hydrogen-bond donors (Lipinski definition) is 1. The second-order valence-corrected chi connectivity index (χ2v) is 4.77. The highest BCUT2D eigenvalue weighted by Crippen LogP contribution is 2.21. The number of benzene rings is 1. The van der Waals surface area contributed by atoms with Gasteiger partial charge in [-0.1, -0.05) is 18.2 Å². The van der Waals surface area contributed by atoms with Crippen molar-refractivity contribution in [2.45, 2.75) is 26.0 Å². The molecule has 1 unspecified atom stereocenters. The van der Waals surface area contributed by atoms with Gasteiger partial charge in [0.1, 0.15) is 5.82 Å². The highest BCUT2D eigenvalue weighted by atomic mass is 16.3. The molecule has 0 bridgehead atoms. The number of nitrogens with zero attached hydrogens (tertiary/aromatic N) is 3. The number of aliphatic hydroxyl groups is 1. The lowest BCUT2D eigenvalue weighted by Gasteiger charge is -2.11. The quantitative estimate of drug-likeness (QED) is 0.790. The van der Waals surface area contributed by atoms with Crippen molar-refractivity contribution in [3.63, 3.8) is 0 Å². The van der Waals surface area contributed by atoms with Crippen molar-refractivity contribution >= 4 is 11.0 Å². The van der Waals surface area contributed by atoms with Gasteiger partial charge in [-0.3, -0.25) is 4.98 Å². The standard InChI is InChI=1S/C16H17N3O/c1-2-19-14-8-4-3-7-13(14)18-16(19)10-15(20)12-6-5-9-17-11-12/h3-9,11,15,20H,2,10H2,1H3. The van der Waals surface area contributed by atoms with Gasteiger partial charge in [-0.25, -0.2) is 4.98 Å². The Morgan fingerprint density at radius 2 is 2.05 bits per heavy atom. The highest BCUT2D eigenvalue weighted by Gasteiger charge is 2.15. The normalized spacial score (nSPS) is 12.7. The third-order valence-corrected chi connectivity index (χ3v) is 3.49. The van der Waals surface area contributed by atoms with Gasteiger partial charge in [-0.2, -0.15) is 0 Å². The number of aliphatic hydroxyl groups excluding tert-OH is 1. The number of hydrogen-bond acceptors (Lipinski definition) is 3. The van der Waals surface area contributed by atoms with Crippen LogP contribution >= 0.6 is 0 Å². The molecule has 0 amide bonds. The van der Waals surface area contributed by atoms with Crippen molar-refractivity contribution in [1.29, 1.82) is 0 Å². The van der Waals surface area contributed by atoms with E-state index in [1.54, 1.807) is 12.4 Å². The van der Waals surface area contributed by atoms with Crippen molar-refractivity contribution in [3.8, 4) is 0 Å². The van der Waals surface area contributed by atoms with Crippen molar-refractivity contribution in [3.05, 3.63) is 60.2 Å². The lowest BCUT2D eigenvalue weighted by molar-refractivity contribution is 0.174. The molecule has 102 valence electrons. The average molecular weight is 267 g/mol. The topological polar surface area (TPSA) is 50.9 Å². The Labute approximate surface area is 117 Å². The van der Waals surface area contributed by atoms with Gasteiger partial charge in [0.05, 0.1) is 17.1 Å². The van der Waals surface area contributed by atoms with E-state index in [0.717, 1.165) is 29.0 Å². The van der Waals surface area contributed by atoms with Crippen molar-refractivity contribution < 1.29 is 5.11 Å². The zero-order valence-electron chi connectivity index (χ0n) is 11.4. The lowest BCUT2D eigenvalue weighted by atomic mass is 10.1. The number of imidazole rings is 1. The van der Waals surface area contributed by atoms with Gasteiger partial charge < -0.3 is 9.67 Å². The first-order chi connectivity index (χ1) is 9.79. The maximum Gasteiger partial charge on any atom is 0.112 e. The minimum atomic E-state index is -0.578. The summed E-state index contributed by atoms with van der Waals surface area (Å²) in [5.74, 6) is 0.907. The molecule has 3 aromatic rings. The Bertz CT molecular complexity index is 706. The molecule has 3 rings (SSSR count). The molecule has 0 radical (unpaired) electrons. The first kappa shape index (κ1) is 12.8. The van der Waals surface area contributed by atoms with Crippen LogP contribution in [0.4, 0.5) is 0 Å². The van der Waals surface area contributed by atoms with Gasteiger partial charge in [0.15, 0.2) is 0 Å². The van der Waals surface area contributed by atoms with Crippen LogP contribution in [0.15, 0.2) is 48.8 Å². The van der Waals surface area contributed by atoms with Gasteiger partial charge in [0.25, 0.3) is 0 Å². The van der Waals surface area contributed by atoms with E-state index in [1.807, 2.05) is 30.3 Å². The molecule has 1 N–H and O–H groups in total.